The third kappa shape index (κ3) is 7.34. The number of rotatable bonds is 10. The number of hydrogen-bond acceptors (Lipinski definition) is 2. The number of urea groups is 1. The first-order valence-electron chi connectivity index (χ1n) is 12.9. The number of benzene rings is 3. The highest BCUT2D eigenvalue weighted by molar-refractivity contribution is 9.10. The van der Waals surface area contributed by atoms with Crippen molar-refractivity contribution >= 4 is 27.9 Å². The minimum atomic E-state index is -0.167. The Labute approximate surface area is 224 Å². The SMILES string of the molecule is COc1cccc(N(Br)C(=O)NCCC[N+]2(Cc3ccccc3)CCC(Cc3ccccc3)CC2)c1. The number of carbonyl (C=O) groups excluding carboxylic acids is 1. The maximum atomic E-state index is 12.7. The van der Waals surface area contributed by atoms with E-state index in [1.54, 1.807) is 7.11 Å². The molecular formula is C30H37BrN3O2+. The molecule has 190 valence electrons. The second-order valence-corrected chi connectivity index (χ2v) is 10.6. The second-order valence-electron chi connectivity index (χ2n) is 9.86. The van der Waals surface area contributed by atoms with Gasteiger partial charge in [0.1, 0.15) is 12.3 Å². The lowest BCUT2D eigenvalue weighted by Crippen LogP contribution is -2.53. The molecule has 0 unspecified atom stereocenters. The lowest BCUT2D eigenvalue weighted by molar-refractivity contribution is -0.946. The molecule has 0 bridgehead atoms. The standard InChI is InChI=1S/C30H36BrN3O2/c1-36-29-15-8-14-28(23-29)33(31)30(35)32-18-9-19-34(24-27-12-6-3-7-13-27)20-16-26(17-21-34)22-25-10-4-2-5-11-25/h2-8,10-15,23,26H,9,16-22,24H2,1H3/p+1. The fourth-order valence-corrected chi connectivity index (χ4v) is 5.63. The highest BCUT2D eigenvalue weighted by atomic mass is 79.9. The van der Waals surface area contributed by atoms with Crippen LogP contribution >= 0.6 is 16.1 Å². The number of methoxy groups -OCH3 is 1. The average Bonchev–Trinajstić information content (AvgIpc) is 2.93. The quantitative estimate of drug-likeness (QED) is 0.176. The number of amides is 2. The van der Waals surface area contributed by atoms with E-state index in [0.29, 0.717) is 12.3 Å². The maximum absolute atomic E-state index is 12.7. The van der Waals surface area contributed by atoms with Crippen molar-refractivity contribution in [1.82, 2.24) is 5.32 Å². The van der Waals surface area contributed by atoms with Gasteiger partial charge in [-0.15, -0.1) is 0 Å². The van der Waals surface area contributed by atoms with Gasteiger partial charge < -0.3 is 14.5 Å². The molecule has 5 nitrogen and oxygen atoms in total. The Balaban J connectivity index is 1.31. The fourth-order valence-electron chi connectivity index (χ4n) is 5.28. The van der Waals surface area contributed by atoms with Crippen LogP contribution in [0.2, 0.25) is 0 Å². The minimum Gasteiger partial charge on any atom is -0.497 e. The third-order valence-corrected chi connectivity index (χ3v) is 8.03. The molecule has 1 aliphatic rings. The Morgan fingerprint density at radius 2 is 1.64 bits per heavy atom. The van der Waals surface area contributed by atoms with E-state index < -0.39 is 0 Å². The molecule has 1 aliphatic heterocycles. The van der Waals surface area contributed by atoms with Crippen LogP contribution in [0.15, 0.2) is 84.9 Å². The van der Waals surface area contributed by atoms with Crippen molar-refractivity contribution in [2.45, 2.75) is 32.2 Å². The van der Waals surface area contributed by atoms with E-state index >= 15 is 0 Å². The zero-order chi connectivity index (χ0) is 25.2. The fraction of sp³-hybridized carbons (Fsp3) is 0.367. The van der Waals surface area contributed by atoms with Crippen molar-refractivity contribution < 1.29 is 14.0 Å². The lowest BCUT2D eigenvalue weighted by Gasteiger charge is -2.44. The van der Waals surface area contributed by atoms with Crippen LogP contribution < -0.4 is 14.0 Å². The Morgan fingerprint density at radius 1 is 0.972 bits per heavy atom. The topological polar surface area (TPSA) is 41.6 Å². The summed E-state index contributed by atoms with van der Waals surface area (Å²) in [6, 6.07) is 29.0. The highest BCUT2D eigenvalue weighted by Gasteiger charge is 2.33. The first-order valence-corrected chi connectivity index (χ1v) is 13.6. The number of piperidine rings is 1. The molecule has 0 radical (unpaired) electrons. The normalized spacial score (nSPS) is 19.4. The van der Waals surface area contributed by atoms with Crippen molar-refractivity contribution in [2.75, 3.05) is 37.2 Å². The second kappa shape index (κ2) is 12.9. The highest BCUT2D eigenvalue weighted by Crippen LogP contribution is 2.29. The molecule has 1 heterocycles. The first kappa shape index (κ1) is 26.2. The van der Waals surface area contributed by atoms with Crippen LogP contribution in [0.3, 0.4) is 0 Å². The molecule has 1 fully saturated rings. The van der Waals surface area contributed by atoms with Gasteiger partial charge in [0, 0.05) is 24.6 Å². The van der Waals surface area contributed by atoms with E-state index in [4.69, 9.17) is 4.74 Å². The van der Waals surface area contributed by atoms with Gasteiger partial charge in [-0.2, -0.15) is 0 Å². The van der Waals surface area contributed by atoms with E-state index in [1.807, 2.05) is 24.3 Å². The summed E-state index contributed by atoms with van der Waals surface area (Å²) in [7, 11) is 1.62. The molecule has 2 amide bonds. The Morgan fingerprint density at radius 3 is 2.31 bits per heavy atom. The largest absolute Gasteiger partial charge is 0.497 e. The van der Waals surface area contributed by atoms with Gasteiger partial charge in [0.2, 0.25) is 0 Å². The van der Waals surface area contributed by atoms with Crippen LogP contribution in [-0.4, -0.2) is 43.8 Å². The number of likely N-dealkylation sites (tertiary alicyclic amines) is 1. The maximum Gasteiger partial charge on any atom is 0.332 e. The molecule has 0 aliphatic carbocycles. The smallest absolute Gasteiger partial charge is 0.332 e. The number of hydrogen-bond donors (Lipinski definition) is 1. The third-order valence-electron chi connectivity index (χ3n) is 7.30. The van der Waals surface area contributed by atoms with Gasteiger partial charge in [-0.3, -0.25) is 0 Å². The summed E-state index contributed by atoms with van der Waals surface area (Å²) in [6.45, 7) is 5.15. The molecule has 1 N–H and O–H groups in total. The summed E-state index contributed by atoms with van der Waals surface area (Å²) >= 11 is 3.39. The molecule has 3 aromatic rings. The number of carbonyl (C=O) groups is 1. The van der Waals surface area contributed by atoms with Crippen molar-refractivity contribution in [2.24, 2.45) is 5.92 Å². The molecular weight excluding hydrogens is 514 g/mol. The molecule has 0 atom stereocenters. The molecule has 6 heteroatoms. The van der Waals surface area contributed by atoms with Crippen molar-refractivity contribution in [1.29, 1.82) is 0 Å². The average molecular weight is 552 g/mol. The Bertz CT molecular complexity index is 1090. The monoisotopic (exact) mass is 550 g/mol. The Hall–Kier alpha value is -2.83. The molecule has 4 rings (SSSR count). The van der Waals surface area contributed by atoms with E-state index in [-0.39, 0.29) is 6.03 Å². The summed E-state index contributed by atoms with van der Waals surface area (Å²) in [5, 5.41) is 3.07. The van der Waals surface area contributed by atoms with Crippen molar-refractivity contribution in [3.8, 4) is 5.75 Å². The van der Waals surface area contributed by atoms with Gasteiger partial charge >= 0.3 is 6.03 Å². The van der Waals surface area contributed by atoms with Crippen molar-refractivity contribution in [3.05, 3.63) is 96.1 Å². The van der Waals surface area contributed by atoms with E-state index in [0.717, 1.165) is 35.6 Å². The molecule has 0 saturated carbocycles. The number of ether oxygens (including phenoxy) is 1. The van der Waals surface area contributed by atoms with Crippen LogP contribution in [-0.2, 0) is 13.0 Å². The minimum absolute atomic E-state index is 0.167. The van der Waals surface area contributed by atoms with Crippen LogP contribution in [0.1, 0.15) is 30.4 Å². The van der Waals surface area contributed by atoms with Crippen LogP contribution in [0.25, 0.3) is 0 Å². The van der Waals surface area contributed by atoms with Crippen LogP contribution in [0, 0.1) is 5.92 Å². The number of nitrogens with zero attached hydrogens (tertiary/aromatic N) is 2. The van der Waals surface area contributed by atoms with Gasteiger partial charge in [-0.25, -0.2) is 8.72 Å². The molecule has 0 aromatic heterocycles. The lowest BCUT2D eigenvalue weighted by atomic mass is 9.88. The van der Waals surface area contributed by atoms with Crippen LogP contribution in [0.5, 0.6) is 5.75 Å². The van der Waals surface area contributed by atoms with Crippen LogP contribution in [0.4, 0.5) is 10.5 Å². The zero-order valence-electron chi connectivity index (χ0n) is 21.1. The molecule has 0 spiro atoms. The van der Waals surface area contributed by atoms with E-state index in [9.17, 15) is 4.79 Å². The molecule has 3 aromatic carbocycles. The predicted octanol–water partition coefficient (Wildman–Crippen LogP) is 6.58. The molecule has 36 heavy (non-hydrogen) atoms. The Kier molecular flexibility index (Phi) is 9.42. The molecule has 1 saturated heterocycles. The summed E-state index contributed by atoms with van der Waals surface area (Å²) in [5.74, 6) is 1.46. The zero-order valence-corrected chi connectivity index (χ0v) is 22.7. The summed E-state index contributed by atoms with van der Waals surface area (Å²) < 4.78 is 7.82. The number of nitrogens with one attached hydrogen (secondary N) is 1. The summed E-state index contributed by atoms with van der Waals surface area (Å²) in [5.41, 5.74) is 3.58. The number of anilines is 1. The van der Waals surface area contributed by atoms with E-state index in [2.05, 4.69) is 82.1 Å². The van der Waals surface area contributed by atoms with Gasteiger partial charge in [0.15, 0.2) is 0 Å². The van der Waals surface area contributed by atoms with E-state index in [1.165, 1.54) is 47.4 Å². The van der Waals surface area contributed by atoms with Gasteiger partial charge in [0.25, 0.3) is 0 Å². The predicted molar refractivity (Wildman–Crippen MR) is 150 cm³/mol. The number of halogens is 1. The van der Waals surface area contributed by atoms with Gasteiger partial charge in [0.05, 0.1) is 48.6 Å². The first-order chi connectivity index (χ1) is 17.6. The van der Waals surface area contributed by atoms with Crippen molar-refractivity contribution in [3.63, 3.8) is 0 Å². The number of quaternary nitrogens is 1. The summed E-state index contributed by atoms with van der Waals surface area (Å²) in [6.07, 6.45) is 4.62. The summed E-state index contributed by atoms with van der Waals surface area (Å²) in [4.78, 5) is 12.7. The van der Waals surface area contributed by atoms with Gasteiger partial charge in [-0.05, 0) is 42.9 Å². The van der Waals surface area contributed by atoms with Gasteiger partial charge in [-0.1, -0.05) is 66.7 Å².